The van der Waals surface area contributed by atoms with Gasteiger partial charge in [-0.3, -0.25) is 10.1 Å². The van der Waals surface area contributed by atoms with Gasteiger partial charge in [0.25, 0.3) is 0 Å². The fourth-order valence-electron chi connectivity index (χ4n) is 3.22. The molecule has 1 heterocycles. The van der Waals surface area contributed by atoms with E-state index in [2.05, 4.69) is 15.2 Å². The smallest absolute Gasteiger partial charge is 0.244 e. The minimum Gasteiger partial charge on any atom is -0.495 e. The minimum absolute atomic E-state index is 0.00147. The van der Waals surface area contributed by atoms with Gasteiger partial charge in [-0.05, 0) is 43.0 Å². The van der Waals surface area contributed by atoms with Gasteiger partial charge in [0.2, 0.25) is 21.8 Å². The third-order valence-corrected chi connectivity index (χ3v) is 6.15. The lowest BCUT2D eigenvalue weighted by molar-refractivity contribution is -0.114. The van der Waals surface area contributed by atoms with Crippen molar-refractivity contribution in [3.8, 4) is 16.9 Å². The van der Waals surface area contributed by atoms with Crippen LogP contribution in [0.5, 0.6) is 5.75 Å². The van der Waals surface area contributed by atoms with Gasteiger partial charge in [0.05, 0.1) is 18.4 Å². The second kappa shape index (κ2) is 9.76. The molecule has 0 aliphatic rings. The first-order chi connectivity index (χ1) is 14.8. The monoisotopic (exact) mass is 443 g/mol. The van der Waals surface area contributed by atoms with Gasteiger partial charge in [0.15, 0.2) is 0 Å². The maximum atomic E-state index is 13.0. The minimum atomic E-state index is -3.83. The number of rotatable bonds is 9. The number of carbonyl (C=O) groups excluding carboxylic acids is 1. The van der Waals surface area contributed by atoms with Crippen LogP contribution < -0.4 is 14.8 Å². The van der Waals surface area contributed by atoms with Crippen molar-refractivity contribution in [2.45, 2.75) is 31.6 Å². The van der Waals surface area contributed by atoms with Crippen molar-refractivity contribution in [2.24, 2.45) is 0 Å². The fourth-order valence-corrected chi connectivity index (χ4v) is 4.49. The van der Waals surface area contributed by atoms with Crippen LogP contribution in [0.1, 0.15) is 24.6 Å². The summed E-state index contributed by atoms with van der Waals surface area (Å²) in [5.74, 6) is 0.0580. The first-order valence-electron chi connectivity index (χ1n) is 9.77. The number of carbonyl (C=O) groups is 1. The number of benzene rings is 2. The molecule has 0 unspecified atom stereocenters. The Balaban J connectivity index is 1.83. The molecule has 0 aliphatic carbocycles. The van der Waals surface area contributed by atoms with Crippen molar-refractivity contribution in [1.82, 2.24) is 9.88 Å². The molecule has 164 valence electrons. The van der Waals surface area contributed by atoms with Crippen molar-refractivity contribution >= 4 is 21.8 Å². The molecule has 8 nitrogen and oxygen atoms in total. The highest BCUT2D eigenvalue weighted by Crippen LogP contribution is 2.35. The normalized spacial score (nSPS) is 11.3. The molecule has 2 aromatic carbocycles. The Labute approximate surface area is 181 Å². The van der Waals surface area contributed by atoms with Crippen molar-refractivity contribution in [2.75, 3.05) is 19.0 Å². The Morgan fingerprint density at radius 3 is 2.58 bits per heavy atom. The molecule has 0 bridgehead atoms. The zero-order chi connectivity index (χ0) is 22.4. The quantitative estimate of drug-likeness (QED) is 0.490. The average Bonchev–Trinajstić information content (AvgIpc) is 3.10. The van der Waals surface area contributed by atoms with E-state index in [1.165, 1.54) is 20.1 Å². The second-order valence-electron chi connectivity index (χ2n) is 7.01. The van der Waals surface area contributed by atoms with Gasteiger partial charge >= 0.3 is 0 Å². The standard InChI is InChI=1S/C22H25N3O5S/c1-15-21(22(30-25-15)24-16(2)26)18-11-12-19(29-3)20(14-18)31(27,28)23-13-7-10-17-8-5-4-6-9-17/h4-6,8-9,11-12,14,23H,7,10,13H2,1-3H3,(H,24,26). The number of methoxy groups -OCH3 is 1. The van der Waals surface area contributed by atoms with Crippen LogP contribution in [0.4, 0.5) is 5.88 Å². The van der Waals surface area contributed by atoms with Crippen LogP contribution in [0.3, 0.4) is 0 Å². The third kappa shape index (κ3) is 5.50. The van der Waals surface area contributed by atoms with Crippen LogP contribution in [0.2, 0.25) is 0 Å². The van der Waals surface area contributed by atoms with E-state index in [0.717, 1.165) is 12.0 Å². The summed E-state index contributed by atoms with van der Waals surface area (Å²) in [5, 5.41) is 6.46. The van der Waals surface area contributed by atoms with E-state index >= 15 is 0 Å². The van der Waals surface area contributed by atoms with Crippen LogP contribution in [0.25, 0.3) is 11.1 Å². The molecule has 1 amide bonds. The van der Waals surface area contributed by atoms with Gasteiger partial charge in [0, 0.05) is 13.5 Å². The number of sulfonamides is 1. The van der Waals surface area contributed by atoms with Crippen molar-refractivity contribution in [1.29, 1.82) is 0 Å². The molecule has 9 heteroatoms. The number of aryl methyl sites for hydroxylation is 2. The SMILES string of the molecule is COc1ccc(-c2c(C)noc2NC(C)=O)cc1S(=O)(=O)NCCCc1ccccc1. The molecule has 0 saturated heterocycles. The molecule has 31 heavy (non-hydrogen) atoms. The Hall–Kier alpha value is -3.17. The Morgan fingerprint density at radius 2 is 1.90 bits per heavy atom. The number of ether oxygens (including phenoxy) is 1. The Bertz CT molecular complexity index is 1160. The lowest BCUT2D eigenvalue weighted by Crippen LogP contribution is -2.25. The van der Waals surface area contributed by atoms with Gasteiger partial charge in [0.1, 0.15) is 10.6 Å². The highest BCUT2D eigenvalue weighted by Gasteiger charge is 2.23. The number of amides is 1. The summed E-state index contributed by atoms with van der Waals surface area (Å²) < 4.78 is 39.1. The van der Waals surface area contributed by atoms with E-state index in [9.17, 15) is 13.2 Å². The molecule has 0 fully saturated rings. The summed E-state index contributed by atoms with van der Waals surface area (Å²) in [4.78, 5) is 11.5. The predicted molar refractivity (Wildman–Crippen MR) is 117 cm³/mol. The zero-order valence-corrected chi connectivity index (χ0v) is 18.5. The van der Waals surface area contributed by atoms with Gasteiger partial charge < -0.3 is 9.26 Å². The van der Waals surface area contributed by atoms with Crippen LogP contribution >= 0.6 is 0 Å². The predicted octanol–water partition coefficient (Wildman–Crippen LogP) is 3.53. The van der Waals surface area contributed by atoms with Crippen LogP contribution in [-0.4, -0.2) is 33.1 Å². The summed E-state index contributed by atoms with van der Waals surface area (Å²) in [6.07, 6.45) is 1.42. The number of hydrogen-bond donors (Lipinski definition) is 2. The molecule has 3 rings (SSSR count). The number of nitrogens with one attached hydrogen (secondary N) is 2. The van der Waals surface area contributed by atoms with Crippen LogP contribution in [-0.2, 0) is 21.2 Å². The molecular weight excluding hydrogens is 418 g/mol. The zero-order valence-electron chi connectivity index (χ0n) is 17.6. The highest BCUT2D eigenvalue weighted by molar-refractivity contribution is 7.89. The van der Waals surface area contributed by atoms with Gasteiger partial charge in [-0.25, -0.2) is 13.1 Å². The molecule has 1 aromatic heterocycles. The van der Waals surface area contributed by atoms with Gasteiger partial charge in [-0.15, -0.1) is 0 Å². The number of aromatic nitrogens is 1. The van der Waals surface area contributed by atoms with Crippen molar-refractivity contribution < 1.29 is 22.5 Å². The summed E-state index contributed by atoms with van der Waals surface area (Å²) in [6.45, 7) is 3.35. The summed E-state index contributed by atoms with van der Waals surface area (Å²) in [6, 6.07) is 14.6. The molecule has 0 radical (unpaired) electrons. The maximum Gasteiger partial charge on any atom is 0.244 e. The molecule has 0 saturated carbocycles. The maximum absolute atomic E-state index is 13.0. The van der Waals surface area contributed by atoms with Crippen LogP contribution in [0.15, 0.2) is 57.9 Å². The van der Waals surface area contributed by atoms with E-state index < -0.39 is 10.0 Å². The molecule has 2 N–H and O–H groups in total. The summed E-state index contributed by atoms with van der Waals surface area (Å²) >= 11 is 0. The Morgan fingerprint density at radius 1 is 1.16 bits per heavy atom. The first-order valence-corrected chi connectivity index (χ1v) is 11.3. The number of hydrogen-bond acceptors (Lipinski definition) is 6. The lowest BCUT2D eigenvalue weighted by Gasteiger charge is -2.13. The van der Waals surface area contributed by atoms with Crippen molar-refractivity contribution in [3.63, 3.8) is 0 Å². The fraction of sp³-hybridized carbons (Fsp3) is 0.273. The first kappa shape index (κ1) is 22.5. The van der Waals surface area contributed by atoms with Gasteiger partial charge in [-0.2, -0.15) is 0 Å². The molecule has 0 atom stereocenters. The van der Waals surface area contributed by atoms with E-state index in [-0.39, 0.29) is 29.0 Å². The highest BCUT2D eigenvalue weighted by atomic mass is 32.2. The van der Waals surface area contributed by atoms with E-state index in [1.807, 2.05) is 30.3 Å². The number of nitrogens with zero attached hydrogens (tertiary/aromatic N) is 1. The lowest BCUT2D eigenvalue weighted by atomic mass is 10.1. The molecule has 0 spiro atoms. The van der Waals surface area contributed by atoms with E-state index in [4.69, 9.17) is 9.26 Å². The topological polar surface area (TPSA) is 111 Å². The third-order valence-electron chi connectivity index (χ3n) is 4.67. The van der Waals surface area contributed by atoms with Gasteiger partial charge in [-0.1, -0.05) is 41.6 Å². The average molecular weight is 444 g/mol. The number of anilines is 1. The molecule has 0 aliphatic heterocycles. The van der Waals surface area contributed by atoms with Crippen LogP contribution in [0, 0.1) is 6.92 Å². The largest absolute Gasteiger partial charge is 0.495 e. The molecule has 3 aromatic rings. The summed E-state index contributed by atoms with van der Waals surface area (Å²) in [7, 11) is -2.42. The van der Waals surface area contributed by atoms with E-state index in [1.54, 1.807) is 19.1 Å². The van der Waals surface area contributed by atoms with E-state index in [0.29, 0.717) is 23.2 Å². The molecular formula is C22H25N3O5S. The summed E-state index contributed by atoms with van der Waals surface area (Å²) in [5.41, 5.74) is 2.72. The van der Waals surface area contributed by atoms with Crippen molar-refractivity contribution in [3.05, 3.63) is 59.8 Å². The Kier molecular flexibility index (Phi) is 7.09. The second-order valence-corrected chi connectivity index (χ2v) is 8.74.